The van der Waals surface area contributed by atoms with Gasteiger partial charge in [0.05, 0.1) is 15.8 Å². The molecule has 1 aromatic carbocycles. The van der Waals surface area contributed by atoms with Gasteiger partial charge in [-0.15, -0.1) is 11.3 Å². The molecule has 108 valence electrons. The number of carbonyl (C=O) groups is 1. The van der Waals surface area contributed by atoms with Gasteiger partial charge in [-0.25, -0.2) is 18.2 Å². The number of hydrogen-bond donors (Lipinski definition) is 2. The third-order valence-electron chi connectivity index (χ3n) is 2.62. The fourth-order valence-electron chi connectivity index (χ4n) is 1.68. The molecule has 0 spiro atoms. The molecule has 6 nitrogen and oxygen atoms in total. The van der Waals surface area contributed by atoms with E-state index in [1.807, 2.05) is 0 Å². The molecule has 0 radical (unpaired) electrons. The maximum absolute atomic E-state index is 12.1. The van der Waals surface area contributed by atoms with Crippen LogP contribution in [-0.4, -0.2) is 24.5 Å². The van der Waals surface area contributed by atoms with E-state index in [0.29, 0.717) is 10.2 Å². The van der Waals surface area contributed by atoms with Crippen LogP contribution >= 0.6 is 22.7 Å². The van der Waals surface area contributed by atoms with Crippen LogP contribution in [0.15, 0.2) is 39.9 Å². The molecule has 3 aromatic rings. The maximum atomic E-state index is 12.1. The molecule has 2 aromatic heterocycles. The summed E-state index contributed by atoms with van der Waals surface area (Å²) in [7, 11) is -3.64. The first kappa shape index (κ1) is 14.0. The maximum Gasteiger partial charge on any atom is 0.335 e. The average molecular weight is 340 g/mol. The lowest BCUT2D eigenvalue weighted by Crippen LogP contribution is -2.10. The van der Waals surface area contributed by atoms with Gasteiger partial charge in [-0.1, -0.05) is 17.4 Å². The van der Waals surface area contributed by atoms with Crippen molar-refractivity contribution in [3.8, 4) is 0 Å². The molecule has 0 bridgehead atoms. The van der Waals surface area contributed by atoms with Crippen LogP contribution in [0, 0.1) is 0 Å². The van der Waals surface area contributed by atoms with Crippen molar-refractivity contribution in [3.05, 3.63) is 41.3 Å². The molecule has 0 fully saturated rings. The van der Waals surface area contributed by atoms with E-state index < -0.39 is 16.0 Å². The van der Waals surface area contributed by atoms with E-state index in [4.69, 9.17) is 5.11 Å². The molecule has 0 aliphatic carbocycles. The normalized spacial score (nSPS) is 11.6. The van der Waals surface area contributed by atoms with Gasteiger partial charge in [-0.05, 0) is 29.6 Å². The Morgan fingerprint density at radius 1 is 1.29 bits per heavy atom. The highest BCUT2D eigenvalue weighted by Gasteiger charge is 2.17. The highest BCUT2D eigenvalue weighted by Crippen LogP contribution is 2.29. The lowest BCUT2D eigenvalue weighted by atomic mass is 10.2. The second-order valence-electron chi connectivity index (χ2n) is 4.04. The number of nitrogens with zero attached hydrogens (tertiary/aromatic N) is 1. The fraction of sp³-hybridized carbons (Fsp3) is 0. The van der Waals surface area contributed by atoms with Gasteiger partial charge in [0.2, 0.25) is 0 Å². The van der Waals surface area contributed by atoms with Crippen LogP contribution in [-0.2, 0) is 10.0 Å². The van der Waals surface area contributed by atoms with Crippen LogP contribution < -0.4 is 4.72 Å². The molecule has 0 aliphatic rings. The van der Waals surface area contributed by atoms with E-state index in [2.05, 4.69) is 9.71 Å². The van der Waals surface area contributed by atoms with Crippen LogP contribution in [0.25, 0.3) is 10.2 Å². The first-order valence-electron chi connectivity index (χ1n) is 5.66. The number of fused-ring (bicyclic) bond motifs is 1. The number of thiazole rings is 1. The summed E-state index contributed by atoms with van der Waals surface area (Å²) in [5.41, 5.74) is 0.688. The molecule has 0 unspecified atom stereocenters. The third kappa shape index (κ3) is 2.75. The largest absolute Gasteiger partial charge is 0.478 e. The van der Waals surface area contributed by atoms with Crippen LogP contribution in [0.3, 0.4) is 0 Å². The number of sulfonamides is 1. The molecule has 0 aliphatic heterocycles. The topological polar surface area (TPSA) is 96.4 Å². The van der Waals surface area contributed by atoms with Crippen LogP contribution in [0.2, 0.25) is 0 Å². The summed E-state index contributed by atoms with van der Waals surface area (Å²) in [5.74, 6) is -1.04. The number of nitrogens with one attached hydrogen (secondary N) is 1. The number of anilines is 1. The molecule has 21 heavy (non-hydrogen) atoms. The Kier molecular flexibility index (Phi) is 3.40. The predicted octanol–water partition coefficient (Wildman–Crippen LogP) is 2.86. The van der Waals surface area contributed by atoms with Gasteiger partial charge in [0.15, 0.2) is 5.13 Å². The molecular formula is C12H8N2O4S3. The Morgan fingerprint density at radius 2 is 2.10 bits per heavy atom. The summed E-state index contributed by atoms with van der Waals surface area (Å²) >= 11 is 2.20. The van der Waals surface area contributed by atoms with Gasteiger partial charge in [-0.2, -0.15) is 0 Å². The number of rotatable bonds is 4. The van der Waals surface area contributed by atoms with E-state index in [9.17, 15) is 13.2 Å². The minimum Gasteiger partial charge on any atom is -0.478 e. The van der Waals surface area contributed by atoms with E-state index in [1.165, 1.54) is 18.2 Å². The van der Waals surface area contributed by atoms with Gasteiger partial charge < -0.3 is 5.11 Å². The molecular weight excluding hydrogens is 332 g/mol. The minimum atomic E-state index is -3.64. The molecule has 9 heteroatoms. The predicted molar refractivity (Wildman–Crippen MR) is 81.7 cm³/mol. The van der Waals surface area contributed by atoms with E-state index >= 15 is 0 Å². The minimum absolute atomic E-state index is 0.138. The number of benzene rings is 1. The second-order valence-corrected chi connectivity index (χ2v) is 7.93. The van der Waals surface area contributed by atoms with Crippen LogP contribution in [0.1, 0.15) is 10.4 Å². The Hall–Kier alpha value is -1.97. The smallest absolute Gasteiger partial charge is 0.335 e. The zero-order valence-electron chi connectivity index (χ0n) is 10.3. The standard InChI is InChI=1S/C12H8N2O4S3/c15-11(16)7-3-4-8-9(6-7)20-12(13-8)14-21(17,18)10-2-1-5-19-10/h1-6H,(H,13,14)(H,15,16). The van der Waals surface area contributed by atoms with Crippen molar-refractivity contribution in [3.63, 3.8) is 0 Å². The van der Waals surface area contributed by atoms with Gasteiger partial charge in [-0.3, -0.25) is 4.72 Å². The molecule has 0 saturated carbocycles. The summed E-state index contributed by atoms with van der Waals surface area (Å²) < 4.78 is 27.4. The number of aromatic carboxylic acids is 1. The number of hydrogen-bond acceptors (Lipinski definition) is 6. The molecule has 0 atom stereocenters. The molecule has 0 saturated heterocycles. The summed E-state index contributed by atoms with van der Waals surface area (Å²) in [4.78, 5) is 15.1. The first-order valence-corrected chi connectivity index (χ1v) is 8.84. The van der Waals surface area contributed by atoms with Crippen molar-refractivity contribution in [2.24, 2.45) is 0 Å². The fourth-order valence-corrected chi connectivity index (χ4v) is 4.82. The van der Waals surface area contributed by atoms with E-state index in [1.54, 1.807) is 17.5 Å². The van der Waals surface area contributed by atoms with Gasteiger partial charge >= 0.3 is 5.97 Å². The summed E-state index contributed by atoms with van der Waals surface area (Å²) in [6.45, 7) is 0. The number of carboxylic acid groups (broad SMARTS) is 1. The number of thiophene rings is 1. The zero-order valence-corrected chi connectivity index (χ0v) is 12.8. The zero-order chi connectivity index (χ0) is 15.0. The second kappa shape index (κ2) is 5.10. The first-order chi connectivity index (χ1) is 9.95. The molecule has 2 N–H and O–H groups in total. The Morgan fingerprint density at radius 3 is 2.76 bits per heavy atom. The Bertz CT molecular complexity index is 913. The van der Waals surface area contributed by atoms with Gasteiger partial charge in [0.25, 0.3) is 10.0 Å². The molecule has 3 rings (SSSR count). The van der Waals surface area contributed by atoms with Gasteiger partial charge in [0.1, 0.15) is 4.21 Å². The quantitative estimate of drug-likeness (QED) is 0.761. The lowest BCUT2D eigenvalue weighted by Gasteiger charge is -2.00. The SMILES string of the molecule is O=C(O)c1ccc2nc(NS(=O)(=O)c3cccs3)sc2c1. The monoisotopic (exact) mass is 340 g/mol. The summed E-state index contributed by atoms with van der Waals surface area (Å²) in [5, 5.41) is 10.8. The van der Waals surface area contributed by atoms with Crippen molar-refractivity contribution in [1.82, 2.24) is 4.98 Å². The van der Waals surface area contributed by atoms with E-state index in [0.717, 1.165) is 22.7 Å². The summed E-state index contributed by atoms with van der Waals surface area (Å²) in [6, 6.07) is 7.61. The number of carboxylic acids is 1. The third-order valence-corrected chi connectivity index (χ3v) is 6.42. The van der Waals surface area contributed by atoms with Gasteiger partial charge in [0, 0.05) is 0 Å². The Labute approximate surface area is 127 Å². The van der Waals surface area contributed by atoms with Crippen molar-refractivity contribution in [2.45, 2.75) is 4.21 Å². The number of aromatic nitrogens is 1. The van der Waals surface area contributed by atoms with Crippen molar-refractivity contribution >= 4 is 54.0 Å². The highest BCUT2D eigenvalue weighted by molar-refractivity contribution is 7.94. The van der Waals surface area contributed by atoms with Crippen molar-refractivity contribution in [1.29, 1.82) is 0 Å². The van der Waals surface area contributed by atoms with Crippen molar-refractivity contribution in [2.75, 3.05) is 4.72 Å². The summed E-state index contributed by atoms with van der Waals surface area (Å²) in [6.07, 6.45) is 0. The van der Waals surface area contributed by atoms with Crippen LogP contribution in [0.4, 0.5) is 5.13 Å². The highest BCUT2D eigenvalue weighted by atomic mass is 32.2. The van der Waals surface area contributed by atoms with Crippen molar-refractivity contribution < 1.29 is 18.3 Å². The lowest BCUT2D eigenvalue weighted by molar-refractivity contribution is 0.0697. The average Bonchev–Trinajstić information content (AvgIpc) is 3.06. The molecule has 0 amide bonds. The Balaban J connectivity index is 1.97. The van der Waals surface area contributed by atoms with Crippen LogP contribution in [0.5, 0.6) is 0 Å². The molecule has 2 heterocycles. The van der Waals surface area contributed by atoms with E-state index in [-0.39, 0.29) is 14.9 Å².